The molecule has 2 aromatic rings. The molecule has 1 unspecified atom stereocenters. The van der Waals surface area contributed by atoms with E-state index in [0.29, 0.717) is 32.6 Å². The van der Waals surface area contributed by atoms with Gasteiger partial charge in [-0.15, -0.1) is 0 Å². The molecule has 0 aliphatic carbocycles. The largest absolute Gasteiger partial charge is 0.417 e. The topological polar surface area (TPSA) is 56.7 Å². The minimum Gasteiger partial charge on any atom is -0.388 e. The van der Waals surface area contributed by atoms with E-state index in [1.807, 2.05) is 24.0 Å². The van der Waals surface area contributed by atoms with Gasteiger partial charge < -0.3 is 14.9 Å². The van der Waals surface area contributed by atoms with Crippen molar-refractivity contribution in [1.82, 2.24) is 9.88 Å². The number of anilines is 1. The first-order valence-electron chi connectivity index (χ1n) is 9.15. The number of aliphatic hydroxyl groups excluding tert-OH is 1. The van der Waals surface area contributed by atoms with E-state index in [9.17, 15) is 23.1 Å². The second-order valence-corrected chi connectivity index (χ2v) is 6.70. The molecule has 5 nitrogen and oxygen atoms in total. The van der Waals surface area contributed by atoms with Crippen LogP contribution in [0.15, 0.2) is 42.6 Å². The number of benzene rings is 1. The van der Waals surface area contributed by atoms with E-state index < -0.39 is 23.8 Å². The summed E-state index contributed by atoms with van der Waals surface area (Å²) >= 11 is 0. The summed E-state index contributed by atoms with van der Waals surface area (Å²) in [6.07, 6.45) is -2.89. The van der Waals surface area contributed by atoms with Gasteiger partial charge >= 0.3 is 6.18 Å². The first kappa shape index (κ1) is 20.1. The van der Waals surface area contributed by atoms with Gasteiger partial charge in [0.1, 0.15) is 5.82 Å². The summed E-state index contributed by atoms with van der Waals surface area (Å²) in [5, 5.41) is 9.84. The third-order valence-electron chi connectivity index (χ3n) is 4.90. The quantitative estimate of drug-likeness (QED) is 0.864. The molecular formula is C20H22F3N3O2. The lowest BCUT2D eigenvalue weighted by molar-refractivity contribution is -0.138. The number of hydrogen-bond donors (Lipinski definition) is 1. The second kappa shape index (κ2) is 8.18. The van der Waals surface area contributed by atoms with Crippen LogP contribution in [0.4, 0.5) is 19.0 Å². The normalized spacial score (nSPS) is 16.2. The fourth-order valence-electron chi connectivity index (χ4n) is 3.24. The van der Waals surface area contributed by atoms with Gasteiger partial charge in [-0.3, -0.25) is 4.79 Å². The van der Waals surface area contributed by atoms with Crippen LogP contribution < -0.4 is 4.90 Å². The average molecular weight is 393 g/mol. The molecule has 1 saturated heterocycles. The summed E-state index contributed by atoms with van der Waals surface area (Å²) in [6.45, 7) is 3.45. The number of rotatable bonds is 4. The van der Waals surface area contributed by atoms with E-state index in [0.717, 1.165) is 17.4 Å². The Labute approximate surface area is 161 Å². The van der Waals surface area contributed by atoms with Crippen LogP contribution in [0.25, 0.3) is 0 Å². The van der Waals surface area contributed by atoms with Crippen molar-refractivity contribution in [2.75, 3.05) is 31.1 Å². The summed E-state index contributed by atoms with van der Waals surface area (Å²) < 4.78 is 39.5. The van der Waals surface area contributed by atoms with Crippen molar-refractivity contribution in [1.29, 1.82) is 0 Å². The summed E-state index contributed by atoms with van der Waals surface area (Å²) in [7, 11) is 0. The molecule has 1 aromatic heterocycles. The van der Waals surface area contributed by atoms with Gasteiger partial charge in [-0.25, -0.2) is 4.98 Å². The predicted molar refractivity (Wildman–Crippen MR) is 99.0 cm³/mol. The molecule has 150 valence electrons. The van der Waals surface area contributed by atoms with Crippen LogP contribution >= 0.6 is 0 Å². The number of aliphatic hydroxyl groups is 1. The van der Waals surface area contributed by atoms with Gasteiger partial charge in [-0.2, -0.15) is 13.2 Å². The highest BCUT2D eigenvalue weighted by Gasteiger charge is 2.36. The number of piperazine rings is 1. The van der Waals surface area contributed by atoms with Crippen LogP contribution in [0.3, 0.4) is 0 Å². The van der Waals surface area contributed by atoms with Gasteiger partial charge in [-0.05, 0) is 30.2 Å². The third kappa shape index (κ3) is 4.27. The highest BCUT2D eigenvalue weighted by molar-refractivity contribution is 5.96. The van der Waals surface area contributed by atoms with E-state index in [-0.39, 0.29) is 5.56 Å². The predicted octanol–water partition coefficient (Wildman–Crippen LogP) is 3.51. The van der Waals surface area contributed by atoms with E-state index in [1.165, 1.54) is 23.1 Å². The molecule has 1 aromatic carbocycles. The number of pyridine rings is 1. The van der Waals surface area contributed by atoms with Crippen LogP contribution in [-0.4, -0.2) is 47.1 Å². The zero-order valence-corrected chi connectivity index (χ0v) is 15.5. The van der Waals surface area contributed by atoms with E-state index in [2.05, 4.69) is 4.98 Å². The summed E-state index contributed by atoms with van der Waals surface area (Å²) in [5.41, 5.74) is -0.488. The molecule has 1 fully saturated rings. The van der Waals surface area contributed by atoms with Crippen LogP contribution in [0, 0.1) is 0 Å². The Morgan fingerprint density at radius 3 is 2.39 bits per heavy atom. The summed E-state index contributed by atoms with van der Waals surface area (Å²) in [6, 6.07) is 8.49. The fraction of sp³-hybridized carbons (Fsp3) is 0.400. The van der Waals surface area contributed by atoms with Crippen molar-refractivity contribution in [3.8, 4) is 0 Å². The molecule has 0 spiro atoms. The molecule has 0 bridgehead atoms. The van der Waals surface area contributed by atoms with Crippen molar-refractivity contribution < 1.29 is 23.1 Å². The Hall–Kier alpha value is -2.61. The molecule has 28 heavy (non-hydrogen) atoms. The molecule has 1 N–H and O–H groups in total. The highest BCUT2D eigenvalue weighted by atomic mass is 19.4. The fourth-order valence-corrected chi connectivity index (χ4v) is 3.24. The lowest BCUT2D eigenvalue weighted by atomic mass is 10.1. The Morgan fingerprint density at radius 1 is 1.14 bits per heavy atom. The van der Waals surface area contributed by atoms with E-state index >= 15 is 0 Å². The van der Waals surface area contributed by atoms with Crippen molar-refractivity contribution in [2.45, 2.75) is 25.6 Å². The summed E-state index contributed by atoms with van der Waals surface area (Å²) in [4.78, 5) is 20.4. The lowest BCUT2D eigenvalue weighted by Crippen LogP contribution is -2.49. The molecule has 1 aliphatic rings. The number of alkyl halides is 3. The molecule has 3 rings (SSSR count). The van der Waals surface area contributed by atoms with Gasteiger partial charge in [-0.1, -0.05) is 25.1 Å². The van der Waals surface area contributed by atoms with Gasteiger partial charge in [0.15, 0.2) is 0 Å². The number of amides is 1. The zero-order chi connectivity index (χ0) is 20.3. The van der Waals surface area contributed by atoms with Crippen molar-refractivity contribution in [3.63, 3.8) is 0 Å². The molecule has 8 heteroatoms. The number of carbonyl (C=O) groups excluding carboxylic acids is 1. The molecular weight excluding hydrogens is 371 g/mol. The molecule has 1 amide bonds. The molecule has 1 atom stereocenters. The number of hydrogen-bond acceptors (Lipinski definition) is 4. The van der Waals surface area contributed by atoms with Crippen LogP contribution in [-0.2, 0) is 6.18 Å². The molecule has 0 radical (unpaired) electrons. The summed E-state index contributed by atoms with van der Waals surface area (Å²) in [5.74, 6) is 0.108. The number of halogens is 3. The highest BCUT2D eigenvalue weighted by Crippen LogP contribution is 2.32. The maximum atomic E-state index is 13.2. The molecule has 2 heterocycles. The van der Waals surface area contributed by atoms with E-state index in [1.54, 1.807) is 6.20 Å². The Morgan fingerprint density at radius 2 is 1.82 bits per heavy atom. The number of carbonyl (C=O) groups is 1. The van der Waals surface area contributed by atoms with Crippen LogP contribution in [0.1, 0.15) is 40.9 Å². The van der Waals surface area contributed by atoms with Crippen LogP contribution in [0.5, 0.6) is 0 Å². The minimum absolute atomic E-state index is 0.312. The first-order chi connectivity index (χ1) is 13.3. The molecule has 0 saturated carbocycles. The molecule has 1 aliphatic heterocycles. The monoisotopic (exact) mass is 393 g/mol. The van der Waals surface area contributed by atoms with Crippen molar-refractivity contribution in [3.05, 3.63) is 59.3 Å². The third-order valence-corrected chi connectivity index (χ3v) is 4.90. The van der Waals surface area contributed by atoms with Gasteiger partial charge in [0.2, 0.25) is 0 Å². The van der Waals surface area contributed by atoms with Gasteiger partial charge in [0, 0.05) is 32.4 Å². The van der Waals surface area contributed by atoms with Gasteiger partial charge in [0.05, 0.1) is 17.2 Å². The minimum atomic E-state index is -4.57. The Kier molecular flexibility index (Phi) is 5.88. The second-order valence-electron chi connectivity index (χ2n) is 6.70. The smallest absolute Gasteiger partial charge is 0.388 e. The standard InChI is InChI=1S/C20H22F3N3O2/c1-2-17(27)14-7-8-18(24-13-14)25-9-11-26(12-10-25)19(28)15-5-3-4-6-16(15)20(21,22)23/h3-8,13,17,27H,2,9-12H2,1H3. The van der Waals surface area contributed by atoms with Crippen LogP contribution in [0.2, 0.25) is 0 Å². The van der Waals surface area contributed by atoms with E-state index in [4.69, 9.17) is 0 Å². The lowest BCUT2D eigenvalue weighted by Gasteiger charge is -2.35. The zero-order valence-electron chi connectivity index (χ0n) is 15.5. The van der Waals surface area contributed by atoms with Crippen molar-refractivity contribution in [2.24, 2.45) is 0 Å². The first-order valence-corrected chi connectivity index (χ1v) is 9.15. The van der Waals surface area contributed by atoms with Crippen molar-refractivity contribution >= 4 is 11.7 Å². The SMILES string of the molecule is CCC(O)c1ccc(N2CCN(C(=O)c3ccccc3C(F)(F)F)CC2)nc1. The average Bonchev–Trinajstić information content (AvgIpc) is 2.72. The number of nitrogens with zero attached hydrogens (tertiary/aromatic N) is 3. The Balaban J connectivity index is 1.67. The number of aromatic nitrogens is 1. The maximum absolute atomic E-state index is 13.2. The van der Waals surface area contributed by atoms with Gasteiger partial charge in [0.25, 0.3) is 5.91 Å². The maximum Gasteiger partial charge on any atom is 0.417 e. The Bertz CT molecular complexity index is 816.